The maximum absolute atomic E-state index is 12.5. The minimum atomic E-state index is -0.795. The molecule has 0 aliphatic rings. The summed E-state index contributed by atoms with van der Waals surface area (Å²) in [6.07, 6.45) is 2.70. The second-order valence-electron chi connectivity index (χ2n) is 6.68. The van der Waals surface area contributed by atoms with Gasteiger partial charge in [0.2, 0.25) is 0 Å². The molecule has 0 aliphatic heterocycles. The lowest BCUT2D eigenvalue weighted by atomic mass is 9.97. The van der Waals surface area contributed by atoms with E-state index in [1.807, 2.05) is 32.0 Å². The summed E-state index contributed by atoms with van der Waals surface area (Å²) in [5, 5.41) is 2.96. The van der Waals surface area contributed by atoms with Crippen LogP contribution < -0.4 is 10.1 Å². The van der Waals surface area contributed by atoms with Crippen molar-refractivity contribution >= 4 is 11.6 Å². The van der Waals surface area contributed by atoms with Crippen LogP contribution in [0.4, 0.5) is 5.69 Å². The standard InChI is InChI=1S/C19H31NO3/c1-7-8-11-19(5,22-6)18(21)20-16-9-10-17(15(4)12-16)23-13-14(2)3/h9-10,12,14H,7-8,11,13H2,1-6H3,(H,20,21)/t19-/m1/s1. The van der Waals surface area contributed by atoms with Crippen LogP contribution in [0.3, 0.4) is 0 Å². The van der Waals surface area contributed by atoms with E-state index in [2.05, 4.69) is 26.1 Å². The third kappa shape index (κ3) is 5.87. The first-order valence-corrected chi connectivity index (χ1v) is 8.42. The molecule has 1 aromatic rings. The Morgan fingerprint density at radius 2 is 2.04 bits per heavy atom. The first kappa shape index (κ1) is 19.5. The zero-order chi connectivity index (χ0) is 17.5. The molecule has 130 valence electrons. The van der Waals surface area contributed by atoms with Crippen molar-refractivity contribution in [1.82, 2.24) is 0 Å². The highest BCUT2D eigenvalue weighted by Gasteiger charge is 2.32. The van der Waals surface area contributed by atoms with Gasteiger partial charge in [-0.2, -0.15) is 0 Å². The van der Waals surface area contributed by atoms with Gasteiger partial charge in [0, 0.05) is 12.8 Å². The number of hydrogen-bond donors (Lipinski definition) is 1. The fraction of sp³-hybridized carbons (Fsp3) is 0.632. The lowest BCUT2D eigenvalue weighted by Crippen LogP contribution is -2.41. The van der Waals surface area contributed by atoms with E-state index in [1.165, 1.54) is 0 Å². The molecule has 4 nitrogen and oxygen atoms in total. The fourth-order valence-corrected chi connectivity index (χ4v) is 2.23. The van der Waals surface area contributed by atoms with Crippen LogP contribution in [0.15, 0.2) is 18.2 Å². The summed E-state index contributed by atoms with van der Waals surface area (Å²) in [5.74, 6) is 1.23. The summed E-state index contributed by atoms with van der Waals surface area (Å²) in [7, 11) is 1.59. The third-order valence-corrected chi connectivity index (χ3v) is 3.94. The number of amides is 1. The Balaban J connectivity index is 2.76. The van der Waals surface area contributed by atoms with Crippen molar-refractivity contribution in [2.75, 3.05) is 19.0 Å². The Bertz CT molecular complexity index is 513. The molecular formula is C19H31NO3. The largest absolute Gasteiger partial charge is 0.493 e. The molecule has 1 rings (SSSR count). The molecule has 0 saturated carbocycles. The molecule has 0 fully saturated rings. The van der Waals surface area contributed by atoms with E-state index in [1.54, 1.807) is 7.11 Å². The summed E-state index contributed by atoms with van der Waals surface area (Å²) in [4.78, 5) is 12.5. The Morgan fingerprint density at radius 3 is 2.57 bits per heavy atom. The zero-order valence-corrected chi connectivity index (χ0v) is 15.4. The third-order valence-electron chi connectivity index (χ3n) is 3.94. The molecule has 1 amide bonds. The van der Waals surface area contributed by atoms with Gasteiger partial charge >= 0.3 is 0 Å². The normalized spacial score (nSPS) is 13.7. The van der Waals surface area contributed by atoms with Crippen molar-refractivity contribution in [3.8, 4) is 5.75 Å². The fourth-order valence-electron chi connectivity index (χ4n) is 2.23. The lowest BCUT2D eigenvalue weighted by molar-refractivity contribution is -0.136. The average molecular weight is 321 g/mol. The highest BCUT2D eigenvalue weighted by molar-refractivity contribution is 5.97. The Hall–Kier alpha value is -1.55. The van der Waals surface area contributed by atoms with Gasteiger partial charge < -0.3 is 14.8 Å². The summed E-state index contributed by atoms with van der Waals surface area (Å²) < 4.78 is 11.2. The molecule has 0 spiro atoms. The van der Waals surface area contributed by atoms with Crippen LogP contribution in [0.5, 0.6) is 5.75 Å². The van der Waals surface area contributed by atoms with Crippen molar-refractivity contribution in [3.05, 3.63) is 23.8 Å². The van der Waals surface area contributed by atoms with Crippen molar-refractivity contribution in [3.63, 3.8) is 0 Å². The average Bonchev–Trinajstić information content (AvgIpc) is 2.51. The molecule has 0 bridgehead atoms. The first-order chi connectivity index (χ1) is 10.8. The smallest absolute Gasteiger partial charge is 0.256 e. The van der Waals surface area contributed by atoms with Crippen molar-refractivity contribution in [2.45, 2.75) is 59.5 Å². The van der Waals surface area contributed by atoms with E-state index in [-0.39, 0.29) is 5.91 Å². The van der Waals surface area contributed by atoms with Crippen LogP contribution in [-0.2, 0) is 9.53 Å². The number of anilines is 1. The summed E-state index contributed by atoms with van der Waals surface area (Å²) in [6.45, 7) is 10.8. The number of hydrogen-bond acceptors (Lipinski definition) is 3. The Morgan fingerprint density at radius 1 is 1.35 bits per heavy atom. The van der Waals surface area contributed by atoms with Gasteiger partial charge in [-0.3, -0.25) is 4.79 Å². The molecule has 0 heterocycles. The van der Waals surface area contributed by atoms with Crippen LogP contribution in [0, 0.1) is 12.8 Å². The number of unbranched alkanes of at least 4 members (excludes halogenated alkanes) is 1. The van der Waals surface area contributed by atoms with Crippen molar-refractivity contribution < 1.29 is 14.3 Å². The summed E-state index contributed by atoms with van der Waals surface area (Å²) in [6, 6.07) is 5.71. The summed E-state index contributed by atoms with van der Waals surface area (Å²) in [5.41, 5.74) is 0.983. The van der Waals surface area contributed by atoms with Crippen LogP contribution in [0.25, 0.3) is 0 Å². The molecular weight excluding hydrogens is 290 g/mol. The van der Waals surface area contributed by atoms with Crippen LogP contribution in [0.2, 0.25) is 0 Å². The number of ether oxygens (including phenoxy) is 2. The van der Waals surface area contributed by atoms with Crippen LogP contribution in [-0.4, -0.2) is 25.2 Å². The van der Waals surface area contributed by atoms with E-state index in [9.17, 15) is 4.79 Å². The van der Waals surface area contributed by atoms with Crippen LogP contribution >= 0.6 is 0 Å². The molecule has 1 aromatic carbocycles. The molecule has 0 radical (unpaired) electrons. The van der Waals surface area contributed by atoms with Gasteiger partial charge in [-0.1, -0.05) is 33.6 Å². The minimum Gasteiger partial charge on any atom is -0.493 e. The van der Waals surface area contributed by atoms with E-state index in [0.29, 0.717) is 18.9 Å². The lowest BCUT2D eigenvalue weighted by Gasteiger charge is -2.27. The van der Waals surface area contributed by atoms with Gasteiger partial charge in [0.15, 0.2) is 0 Å². The number of benzene rings is 1. The van der Waals surface area contributed by atoms with Crippen molar-refractivity contribution in [2.24, 2.45) is 5.92 Å². The second kappa shape index (κ2) is 8.92. The molecule has 0 saturated heterocycles. The maximum Gasteiger partial charge on any atom is 0.256 e. The number of nitrogens with one attached hydrogen (secondary N) is 1. The molecule has 0 aromatic heterocycles. The Kier molecular flexibility index (Phi) is 7.56. The highest BCUT2D eigenvalue weighted by atomic mass is 16.5. The predicted octanol–water partition coefficient (Wildman–Crippen LogP) is 4.56. The second-order valence-corrected chi connectivity index (χ2v) is 6.68. The topological polar surface area (TPSA) is 47.6 Å². The maximum atomic E-state index is 12.5. The minimum absolute atomic E-state index is 0.108. The first-order valence-electron chi connectivity index (χ1n) is 8.42. The van der Waals surface area contributed by atoms with Gasteiger partial charge in [-0.15, -0.1) is 0 Å². The molecule has 0 aliphatic carbocycles. The van der Waals surface area contributed by atoms with Gasteiger partial charge in [-0.25, -0.2) is 0 Å². The quantitative estimate of drug-likeness (QED) is 0.725. The molecule has 4 heteroatoms. The van der Waals surface area contributed by atoms with Gasteiger partial charge in [0.05, 0.1) is 6.61 Å². The zero-order valence-electron chi connectivity index (χ0n) is 15.4. The number of carbonyl (C=O) groups excluding carboxylic acids is 1. The number of carbonyl (C=O) groups is 1. The molecule has 23 heavy (non-hydrogen) atoms. The van der Waals surface area contributed by atoms with E-state index < -0.39 is 5.60 Å². The van der Waals surface area contributed by atoms with Gasteiger partial charge in [-0.05, 0) is 49.9 Å². The van der Waals surface area contributed by atoms with Crippen LogP contribution in [0.1, 0.15) is 52.5 Å². The number of rotatable bonds is 9. The van der Waals surface area contributed by atoms with Gasteiger partial charge in [0.1, 0.15) is 11.4 Å². The van der Waals surface area contributed by atoms with Crippen molar-refractivity contribution in [1.29, 1.82) is 0 Å². The highest BCUT2D eigenvalue weighted by Crippen LogP contribution is 2.25. The monoisotopic (exact) mass is 321 g/mol. The Labute approximate surface area is 140 Å². The predicted molar refractivity (Wildman–Crippen MR) is 95.1 cm³/mol. The molecule has 0 unspecified atom stereocenters. The summed E-state index contributed by atoms with van der Waals surface area (Å²) >= 11 is 0. The number of methoxy groups -OCH3 is 1. The van der Waals surface area contributed by atoms with Gasteiger partial charge in [0.25, 0.3) is 5.91 Å². The number of aryl methyl sites for hydroxylation is 1. The van der Waals surface area contributed by atoms with E-state index in [0.717, 1.165) is 29.8 Å². The van der Waals surface area contributed by atoms with E-state index >= 15 is 0 Å². The molecule has 1 N–H and O–H groups in total. The van der Waals surface area contributed by atoms with E-state index in [4.69, 9.17) is 9.47 Å². The SMILES string of the molecule is CCCC[C@@](C)(OC)C(=O)Nc1ccc(OCC(C)C)c(C)c1. The molecule has 1 atom stereocenters.